The van der Waals surface area contributed by atoms with E-state index in [-0.39, 0.29) is 0 Å². The Morgan fingerprint density at radius 3 is 0.824 bits per heavy atom. The lowest BCUT2D eigenvalue weighted by molar-refractivity contribution is -0.415. The van der Waals surface area contributed by atoms with Gasteiger partial charge in [0.1, 0.15) is 0 Å². The van der Waals surface area contributed by atoms with Crippen LogP contribution < -0.4 is 0 Å². The lowest BCUT2D eigenvalue weighted by atomic mass is 9.96. The van der Waals surface area contributed by atoms with Gasteiger partial charge in [-0.1, -0.05) is 0 Å². The summed E-state index contributed by atoms with van der Waals surface area (Å²) in [6, 6.07) is 0. The Morgan fingerprint density at radius 1 is 0.529 bits per heavy atom. The third kappa shape index (κ3) is 2.30. The minimum Gasteiger partial charge on any atom is -0.216 e. The molecular weight excluding hydrogens is 300 g/mol. The van der Waals surface area contributed by atoms with Crippen molar-refractivity contribution in [1.82, 2.24) is 0 Å². The van der Waals surface area contributed by atoms with Crippen LogP contribution in [-0.2, 0) is 0 Å². The molecule has 1 unspecified atom stereocenters. The van der Waals surface area contributed by atoms with Crippen molar-refractivity contribution in [2.24, 2.45) is 0 Å². The van der Waals surface area contributed by atoms with Gasteiger partial charge in [0.05, 0.1) is 9.24 Å². The van der Waals surface area contributed by atoms with Gasteiger partial charge in [0, 0.05) is 0 Å². The maximum atomic E-state index is 12.6. The summed E-state index contributed by atoms with van der Waals surface area (Å²) in [4.78, 5) is 0. The maximum Gasteiger partial charge on any atom is 0.438 e. The zero-order chi connectivity index (χ0) is 14.5. The van der Waals surface area contributed by atoms with Crippen molar-refractivity contribution in [1.29, 1.82) is 0 Å². The molecule has 1 atom stereocenters. The van der Waals surface area contributed by atoms with Crippen LogP contribution in [0.15, 0.2) is 0 Å². The van der Waals surface area contributed by atoms with Crippen molar-refractivity contribution in [2.75, 3.05) is 0 Å². The zero-order valence-electron chi connectivity index (χ0n) is 7.36. The van der Waals surface area contributed by atoms with Crippen molar-refractivity contribution in [3.8, 4) is 0 Å². The third-order valence-corrected chi connectivity index (χ3v) is 2.12. The Hall–Kier alpha value is -0.340. The summed E-state index contributed by atoms with van der Waals surface area (Å²) < 4.78 is 132. The Bertz CT molecular complexity index is 266. The molecule has 17 heavy (non-hydrogen) atoms. The molecule has 0 aromatic heterocycles. The van der Waals surface area contributed by atoms with E-state index in [1.807, 2.05) is 0 Å². The first-order valence-corrected chi connectivity index (χ1v) is 4.14. The number of hydrogen-bond donors (Lipinski definition) is 0. The third-order valence-electron chi connectivity index (χ3n) is 1.67. The van der Waals surface area contributed by atoms with Gasteiger partial charge < -0.3 is 0 Å². The quantitative estimate of drug-likeness (QED) is 0.539. The number of halogens is 11. The van der Waals surface area contributed by atoms with Crippen LogP contribution in [0.25, 0.3) is 0 Å². The molecule has 0 fully saturated rings. The predicted molar refractivity (Wildman–Crippen MR) is 36.9 cm³/mol. The molecule has 0 N–H and O–H groups in total. The lowest BCUT2D eigenvalue weighted by Gasteiger charge is -2.36. The fourth-order valence-electron chi connectivity index (χ4n) is 0.769. The molecule has 12 heteroatoms. The first kappa shape index (κ1) is 16.7. The average Bonchev–Trinajstić information content (AvgIpc) is 1.95. The van der Waals surface area contributed by atoms with Crippen molar-refractivity contribution >= 4 is 9.24 Å². The lowest BCUT2D eigenvalue weighted by Crippen LogP contribution is -2.68. The normalized spacial score (nSPS) is 16.4. The highest BCUT2D eigenvalue weighted by atomic mass is 31.0. The van der Waals surface area contributed by atoms with Gasteiger partial charge in [-0.2, -0.15) is 43.9 Å². The van der Waals surface area contributed by atoms with Crippen LogP contribution in [0.1, 0.15) is 0 Å². The van der Waals surface area contributed by atoms with E-state index < -0.39 is 38.8 Å². The van der Waals surface area contributed by atoms with E-state index in [0.717, 1.165) is 0 Å². The molecule has 0 heterocycles. The highest BCUT2D eigenvalue weighted by molar-refractivity contribution is 7.18. The molecule has 0 spiro atoms. The number of rotatable bonds is 2. The summed E-state index contributed by atoms with van der Waals surface area (Å²) in [5.74, 6) is -6.98. The summed E-state index contributed by atoms with van der Waals surface area (Å²) in [5.41, 5.74) is -13.1. The van der Waals surface area contributed by atoms with Gasteiger partial charge in [0.2, 0.25) is 0 Å². The average molecular weight is 303 g/mol. The SMILES string of the molecule is FC(F)(F)C(F)(C(F)(F)F)C(F)(F)C(F)(F)[PH3+]. The van der Waals surface area contributed by atoms with E-state index in [4.69, 9.17) is 0 Å². The summed E-state index contributed by atoms with van der Waals surface area (Å²) in [7, 11) is -1.17. The predicted octanol–water partition coefficient (Wildman–Crippen LogP) is 3.65. The molecular formula is C5H3F11P+. The molecule has 0 bridgehead atoms. The maximum absolute atomic E-state index is 12.6. The first-order chi connectivity index (χ1) is 7.00. The van der Waals surface area contributed by atoms with Crippen molar-refractivity contribution < 1.29 is 48.3 Å². The molecule has 0 aliphatic carbocycles. The van der Waals surface area contributed by atoms with Gasteiger partial charge in [0.25, 0.3) is 0 Å². The van der Waals surface area contributed by atoms with Gasteiger partial charge in [-0.15, -0.1) is 0 Å². The molecule has 0 aliphatic heterocycles. The van der Waals surface area contributed by atoms with Crippen LogP contribution >= 0.6 is 9.24 Å². The summed E-state index contributed by atoms with van der Waals surface area (Å²) >= 11 is 0. The number of hydrogen-bond acceptors (Lipinski definition) is 0. The Kier molecular flexibility index (Phi) is 3.75. The van der Waals surface area contributed by atoms with Gasteiger partial charge in [-0.3, -0.25) is 0 Å². The Labute approximate surface area is 88.3 Å². The second-order valence-corrected chi connectivity index (χ2v) is 3.82. The van der Waals surface area contributed by atoms with E-state index in [9.17, 15) is 48.3 Å². The summed E-state index contributed by atoms with van der Waals surface area (Å²) in [5, 5.41) is 0. The first-order valence-electron chi connectivity index (χ1n) is 3.43. The second-order valence-electron chi connectivity index (χ2n) is 2.93. The van der Waals surface area contributed by atoms with E-state index in [0.29, 0.717) is 0 Å². The fourth-order valence-corrected chi connectivity index (χ4v) is 1.01. The Morgan fingerprint density at radius 2 is 0.765 bits per heavy atom. The van der Waals surface area contributed by atoms with Crippen LogP contribution in [0.5, 0.6) is 0 Å². The molecule has 0 nitrogen and oxygen atoms in total. The van der Waals surface area contributed by atoms with Gasteiger partial charge in [-0.25, -0.2) is 4.39 Å². The smallest absolute Gasteiger partial charge is 0.216 e. The highest BCUT2D eigenvalue weighted by Gasteiger charge is 2.90. The number of alkyl halides is 11. The largest absolute Gasteiger partial charge is 0.438 e. The molecule has 0 aromatic carbocycles. The van der Waals surface area contributed by atoms with Crippen molar-refractivity contribution in [3.63, 3.8) is 0 Å². The molecule has 0 saturated heterocycles. The summed E-state index contributed by atoms with van der Waals surface area (Å²) in [6.45, 7) is 0. The molecule has 104 valence electrons. The van der Waals surface area contributed by atoms with Gasteiger partial charge in [-0.05, 0) is 0 Å². The molecule has 0 aliphatic rings. The standard InChI is InChI=1S/C5H2F11P/c6-1(3(9,10)11,4(12,13)14)2(7,8)5(15,16)17/h17H2/p+1. The zero-order valence-corrected chi connectivity index (χ0v) is 8.78. The van der Waals surface area contributed by atoms with E-state index in [2.05, 4.69) is 0 Å². The highest BCUT2D eigenvalue weighted by Crippen LogP contribution is 2.60. The van der Waals surface area contributed by atoms with E-state index >= 15 is 0 Å². The van der Waals surface area contributed by atoms with Gasteiger partial charge in [0.15, 0.2) is 0 Å². The molecule has 0 rings (SSSR count). The van der Waals surface area contributed by atoms with Crippen LogP contribution in [0.3, 0.4) is 0 Å². The topological polar surface area (TPSA) is 0 Å². The fraction of sp³-hybridized carbons (Fsp3) is 1.00. The van der Waals surface area contributed by atoms with Crippen LogP contribution in [0, 0.1) is 0 Å². The minimum atomic E-state index is -7.32. The van der Waals surface area contributed by atoms with Crippen LogP contribution in [0.4, 0.5) is 48.3 Å². The van der Waals surface area contributed by atoms with Crippen molar-refractivity contribution in [2.45, 2.75) is 29.6 Å². The van der Waals surface area contributed by atoms with Crippen LogP contribution in [-0.4, -0.2) is 29.6 Å². The van der Waals surface area contributed by atoms with E-state index in [1.54, 1.807) is 0 Å². The van der Waals surface area contributed by atoms with E-state index in [1.165, 1.54) is 0 Å². The molecule has 0 aromatic rings. The summed E-state index contributed by atoms with van der Waals surface area (Å²) in [6.07, 6.45) is -14.5. The minimum absolute atomic E-state index is 1.17. The second kappa shape index (κ2) is 3.83. The molecule has 0 saturated carbocycles. The molecule has 0 radical (unpaired) electrons. The van der Waals surface area contributed by atoms with Gasteiger partial charge >= 0.3 is 29.6 Å². The Balaban J connectivity index is 6.04. The monoisotopic (exact) mass is 303 g/mol. The molecule has 0 amide bonds. The van der Waals surface area contributed by atoms with Crippen LogP contribution in [0.2, 0.25) is 0 Å². The van der Waals surface area contributed by atoms with Crippen molar-refractivity contribution in [3.05, 3.63) is 0 Å².